The van der Waals surface area contributed by atoms with Crippen molar-refractivity contribution in [1.29, 1.82) is 0 Å². The van der Waals surface area contributed by atoms with Crippen LogP contribution < -0.4 is 10.6 Å². The molecule has 1 aliphatic rings. The van der Waals surface area contributed by atoms with Gasteiger partial charge in [-0.15, -0.1) is 0 Å². The Morgan fingerprint density at radius 1 is 1.19 bits per heavy atom. The summed E-state index contributed by atoms with van der Waals surface area (Å²) >= 11 is 0. The minimum absolute atomic E-state index is 0.162. The van der Waals surface area contributed by atoms with Gasteiger partial charge in [-0.05, 0) is 13.0 Å². The van der Waals surface area contributed by atoms with Gasteiger partial charge in [-0.3, -0.25) is 14.9 Å². The van der Waals surface area contributed by atoms with Crippen LogP contribution in [0.3, 0.4) is 0 Å². The molecule has 0 saturated carbocycles. The third-order valence-corrected chi connectivity index (χ3v) is 2.89. The third-order valence-electron chi connectivity index (χ3n) is 2.89. The second kappa shape index (κ2) is 7.39. The van der Waals surface area contributed by atoms with E-state index in [1.807, 2.05) is 0 Å². The summed E-state index contributed by atoms with van der Waals surface area (Å²) in [6.45, 7) is 3.04. The Balaban J connectivity index is 1.95. The lowest BCUT2D eigenvalue weighted by Crippen LogP contribution is -2.36. The maximum atomic E-state index is 11.2. The zero-order valence-corrected chi connectivity index (χ0v) is 10.1. The second-order valence-corrected chi connectivity index (χ2v) is 4.39. The number of unbranched alkanes of at least 4 members (excludes halogenated alkanes) is 5. The molecule has 0 aromatic heterocycles. The van der Waals surface area contributed by atoms with E-state index in [9.17, 15) is 9.59 Å². The third kappa shape index (κ3) is 4.75. The molecule has 0 radical (unpaired) electrons. The molecule has 0 aliphatic carbocycles. The van der Waals surface area contributed by atoms with Gasteiger partial charge >= 0.3 is 0 Å². The van der Waals surface area contributed by atoms with E-state index in [4.69, 9.17) is 0 Å². The predicted molar refractivity (Wildman–Crippen MR) is 62.9 cm³/mol. The first-order chi connectivity index (χ1) is 7.74. The summed E-state index contributed by atoms with van der Waals surface area (Å²) in [4.78, 5) is 22.1. The minimum Gasteiger partial charge on any atom is -0.305 e. The summed E-state index contributed by atoms with van der Waals surface area (Å²) in [7, 11) is 0. The number of carbonyl (C=O) groups excluding carboxylic acids is 2. The summed E-state index contributed by atoms with van der Waals surface area (Å²) in [6.07, 6.45) is 7.74. The van der Waals surface area contributed by atoms with E-state index in [1.54, 1.807) is 0 Å². The van der Waals surface area contributed by atoms with Gasteiger partial charge in [0.2, 0.25) is 11.8 Å². The lowest BCUT2D eigenvalue weighted by Gasteiger charge is -2.08. The number of hydrogen-bond acceptors (Lipinski definition) is 3. The summed E-state index contributed by atoms with van der Waals surface area (Å²) in [5, 5.41) is 5.42. The molecular weight excluding hydrogens is 204 g/mol. The Hall–Kier alpha value is -0.900. The normalized spacial score (nSPS) is 20.2. The molecule has 92 valence electrons. The van der Waals surface area contributed by atoms with E-state index in [-0.39, 0.29) is 17.9 Å². The van der Waals surface area contributed by atoms with Crippen molar-refractivity contribution in [2.75, 3.05) is 6.54 Å². The summed E-state index contributed by atoms with van der Waals surface area (Å²) in [6, 6.07) is -0.289. The van der Waals surface area contributed by atoms with Gasteiger partial charge < -0.3 is 5.32 Å². The van der Waals surface area contributed by atoms with Crippen LogP contribution in [0.2, 0.25) is 0 Å². The van der Waals surface area contributed by atoms with E-state index in [0.29, 0.717) is 6.42 Å². The molecule has 16 heavy (non-hydrogen) atoms. The molecule has 0 aromatic carbocycles. The predicted octanol–water partition coefficient (Wildman–Crippen LogP) is 1.35. The standard InChI is InChI=1S/C12H22N2O2/c1-2-3-4-5-6-7-8-13-10-9-11(15)14-12(10)16/h10,13H,2-9H2,1H3,(H,14,15,16). The van der Waals surface area contributed by atoms with Crippen molar-refractivity contribution in [3.63, 3.8) is 0 Å². The number of hydrogen-bond donors (Lipinski definition) is 2. The molecule has 0 aromatic rings. The van der Waals surface area contributed by atoms with Gasteiger partial charge in [0.05, 0.1) is 12.5 Å². The van der Waals surface area contributed by atoms with Crippen LogP contribution in [0.5, 0.6) is 0 Å². The Morgan fingerprint density at radius 2 is 1.88 bits per heavy atom. The largest absolute Gasteiger partial charge is 0.305 e. The van der Waals surface area contributed by atoms with Crippen molar-refractivity contribution in [3.8, 4) is 0 Å². The number of imide groups is 1. The highest BCUT2D eigenvalue weighted by Crippen LogP contribution is 2.05. The molecule has 1 fully saturated rings. The van der Waals surface area contributed by atoms with Crippen LogP contribution in [0, 0.1) is 0 Å². The van der Waals surface area contributed by atoms with Crippen molar-refractivity contribution in [2.24, 2.45) is 0 Å². The summed E-state index contributed by atoms with van der Waals surface area (Å²) in [5.41, 5.74) is 0. The zero-order chi connectivity index (χ0) is 11.8. The van der Waals surface area contributed by atoms with Gasteiger partial charge in [-0.1, -0.05) is 39.0 Å². The van der Waals surface area contributed by atoms with Crippen LogP contribution in [-0.2, 0) is 9.59 Å². The van der Waals surface area contributed by atoms with Crippen LogP contribution >= 0.6 is 0 Å². The summed E-state index contributed by atoms with van der Waals surface area (Å²) in [5.74, 6) is -0.332. The van der Waals surface area contributed by atoms with Crippen molar-refractivity contribution >= 4 is 11.8 Å². The smallest absolute Gasteiger partial charge is 0.244 e. The van der Waals surface area contributed by atoms with Gasteiger partial charge in [0.15, 0.2) is 0 Å². The first-order valence-electron chi connectivity index (χ1n) is 6.31. The molecule has 2 amide bonds. The highest BCUT2D eigenvalue weighted by Gasteiger charge is 2.29. The van der Waals surface area contributed by atoms with Crippen LogP contribution in [-0.4, -0.2) is 24.4 Å². The van der Waals surface area contributed by atoms with Gasteiger partial charge in [0.1, 0.15) is 0 Å². The van der Waals surface area contributed by atoms with E-state index in [2.05, 4.69) is 17.6 Å². The van der Waals surface area contributed by atoms with Crippen LogP contribution in [0.4, 0.5) is 0 Å². The van der Waals surface area contributed by atoms with E-state index in [1.165, 1.54) is 32.1 Å². The maximum absolute atomic E-state index is 11.2. The van der Waals surface area contributed by atoms with Crippen molar-refractivity contribution < 1.29 is 9.59 Å². The number of carbonyl (C=O) groups is 2. The molecule has 2 N–H and O–H groups in total. The van der Waals surface area contributed by atoms with Crippen LogP contribution in [0.15, 0.2) is 0 Å². The van der Waals surface area contributed by atoms with Crippen LogP contribution in [0.25, 0.3) is 0 Å². The Kier molecular flexibility index (Phi) is 6.08. The molecule has 1 rings (SSSR count). The van der Waals surface area contributed by atoms with Gasteiger partial charge in [0.25, 0.3) is 0 Å². The average molecular weight is 226 g/mol. The lowest BCUT2D eigenvalue weighted by molar-refractivity contribution is -0.125. The Morgan fingerprint density at radius 3 is 2.50 bits per heavy atom. The molecule has 0 spiro atoms. The number of rotatable bonds is 8. The monoisotopic (exact) mass is 226 g/mol. The lowest BCUT2D eigenvalue weighted by atomic mass is 10.1. The molecule has 1 saturated heterocycles. The quantitative estimate of drug-likeness (QED) is 0.485. The fraction of sp³-hybridized carbons (Fsp3) is 0.833. The first kappa shape index (κ1) is 13.2. The zero-order valence-electron chi connectivity index (χ0n) is 10.1. The number of nitrogens with one attached hydrogen (secondary N) is 2. The first-order valence-corrected chi connectivity index (χ1v) is 6.31. The van der Waals surface area contributed by atoms with E-state index < -0.39 is 0 Å². The molecule has 1 aliphatic heterocycles. The van der Waals surface area contributed by atoms with Crippen LogP contribution in [0.1, 0.15) is 51.9 Å². The number of amides is 2. The van der Waals surface area contributed by atoms with Crippen molar-refractivity contribution in [3.05, 3.63) is 0 Å². The summed E-state index contributed by atoms with van der Waals surface area (Å²) < 4.78 is 0. The fourth-order valence-corrected chi connectivity index (χ4v) is 1.90. The van der Waals surface area contributed by atoms with Gasteiger partial charge in [-0.25, -0.2) is 0 Å². The molecule has 1 atom stereocenters. The molecular formula is C12H22N2O2. The Bertz CT molecular complexity index is 241. The SMILES string of the molecule is CCCCCCCCNC1CC(=O)NC1=O. The maximum Gasteiger partial charge on any atom is 0.244 e. The highest BCUT2D eigenvalue weighted by atomic mass is 16.2. The highest BCUT2D eigenvalue weighted by molar-refractivity contribution is 6.05. The van der Waals surface area contributed by atoms with E-state index >= 15 is 0 Å². The minimum atomic E-state index is -0.289. The second-order valence-electron chi connectivity index (χ2n) is 4.39. The van der Waals surface area contributed by atoms with Crippen molar-refractivity contribution in [2.45, 2.75) is 57.9 Å². The molecule has 1 heterocycles. The Labute approximate surface area is 97.2 Å². The molecule has 4 heteroatoms. The molecule has 1 unspecified atom stereocenters. The van der Waals surface area contributed by atoms with Crippen molar-refractivity contribution in [1.82, 2.24) is 10.6 Å². The molecule has 4 nitrogen and oxygen atoms in total. The fourth-order valence-electron chi connectivity index (χ4n) is 1.90. The average Bonchev–Trinajstić information content (AvgIpc) is 2.56. The van der Waals surface area contributed by atoms with E-state index in [0.717, 1.165) is 13.0 Å². The molecule has 0 bridgehead atoms. The van der Waals surface area contributed by atoms with Gasteiger partial charge in [-0.2, -0.15) is 0 Å². The topological polar surface area (TPSA) is 58.2 Å². The van der Waals surface area contributed by atoms with Gasteiger partial charge in [0, 0.05) is 0 Å².